The Morgan fingerprint density at radius 3 is 2.71 bits per heavy atom. The van der Waals surface area contributed by atoms with Crippen molar-refractivity contribution in [1.82, 2.24) is 4.90 Å². The maximum Gasteiger partial charge on any atom is 0.120 e. The Labute approximate surface area is 85.4 Å². The summed E-state index contributed by atoms with van der Waals surface area (Å²) in [7, 11) is 4.08. The highest BCUT2D eigenvalue weighted by Gasteiger charge is 2.01. The van der Waals surface area contributed by atoms with Gasteiger partial charge < -0.3 is 15.3 Å². The number of benzene rings is 1. The van der Waals surface area contributed by atoms with Gasteiger partial charge in [0.05, 0.1) is 0 Å². The number of nitrogens with one attached hydrogen (secondary N) is 1. The van der Waals surface area contributed by atoms with E-state index in [0.29, 0.717) is 5.75 Å². The fourth-order valence-corrected chi connectivity index (χ4v) is 1.23. The number of phenols is 1. The summed E-state index contributed by atoms with van der Waals surface area (Å²) >= 11 is 0. The lowest BCUT2D eigenvalue weighted by Crippen LogP contribution is -2.21. The van der Waals surface area contributed by atoms with Gasteiger partial charge in [-0.2, -0.15) is 0 Å². The number of hydrogen-bond donors (Lipinski definition) is 2. The molecule has 1 aromatic rings. The molecule has 0 radical (unpaired) electrons. The summed E-state index contributed by atoms with van der Waals surface area (Å²) in [5.41, 5.74) is 1.91. The van der Waals surface area contributed by atoms with Gasteiger partial charge in [0.2, 0.25) is 0 Å². The van der Waals surface area contributed by atoms with Crippen LogP contribution in [0.1, 0.15) is 5.56 Å². The molecule has 0 saturated heterocycles. The molecule has 0 amide bonds. The molecule has 0 aromatic heterocycles. The van der Waals surface area contributed by atoms with Crippen LogP contribution in [-0.2, 0) is 0 Å². The monoisotopic (exact) mass is 194 g/mol. The molecule has 1 rings (SSSR count). The number of phenolic OH excluding ortho intramolecular Hbond substituents is 1. The zero-order valence-corrected chi connectivity index (χ0v) is 9.04. The van der Waals surface area contributed by atoms with Crippen LogP contribution >= 0.6 is 0 Å². The third-order valence-corrected chi connectivity index (χ3v) is 2.18. The fraction of sp³-hybridized carbons (Fsp3) is 0.455. The topological polar surface area (TPSA) is 35.5 Å². The number of rotatable bonds is 4. The highest BCUT2D eigenvalue weighted by Crippen LogP contribution is 2.23. The second kappa shape index (κ2) is 4.86. The fourth-order valence-electron chi connectivity index (χ4n) is 1.23. The van der Waals surface area contributed by atoms with Crippen molar-refractivity contribution >= 4 is 5.69 Å². The number of nitrogens with zero attached hydrogens (tertiary/aromatic N) is 1. The Balaban J connectivity index is 2.54. The predicted octanol–water partition coefficient (Wildman–Crippen LogP) is 1.67. The molecule has 0 atom stereocenters. The molecular formula is C11H18N2O. The van der Waals surface area contributed by atoms with E-state index < -0.39 is 0 Å². The van der Waals surface area contributed by atoms with Crippen molar-refractivity contribution in [3.8, 4) is 5.75 Å². The van der Waals surface area contributed by atoms with Gasteiger partial charge in [-0.3, -0.25) is 0 Å². The minimum Gasteiger partial charge on any atom is -0.508 e. The van der Waals surface area contributed by atoms with Crippen molar-refractivity contribution in [3.63, 3.8) is 0 Å². The standard InChI is InChI=1S/C11H18N2O/c1-9-10(5-4-6-11(9)14)12-7-8-13(2)3/h4-6,12,14H,7-8H2,1-3H3. The smallest absolute Gasteiger partial charge is 0.120 e. The summed E-state index contributed by atoms with van der Waals surface area (Å²) in [6.07, 6.45) is 0. The van der Waals surface area contributed by atoms with Gasteiger partial charge in [-0.05, 0) is 33.2 Å². The summed E-state index contributed by atoms with van der Waals surface area (Å²) in [5, 5.41) is 12.7. The lowest BCUT2D eigenvalue weighted by Gasteiger charge is -2.13. The molecule has 0 unspecified atom stereocenters. The average Bonchev–Trinajstić information content (AvgIpc) is 2.12. The summed E-state index contributed by atoms with van der Waals surface area (Å²) in [6.45, 7) is 3.78. The Morgan fingerprint density at radius 2 is 2.07 bits per heavy atom. The number of anilines is 1. The van der Waals surface area contributed by atoms with Gasteiger partial charge in [0.15, 0.2) is 0 Å². The molecule has 1 aromatic carbocycles. The predicted molar refractivity (Wildman–Crippen MR) is 59.9 cm³/mol. The zero-order chi connectivity index (χ0) is 10.6. The summed E-state index contributed by atoms with van der Waals surface area (Å²) in [5.74, 6) is 0.347. The van der Waals surface area contributed by atoms with Crippen LogP contribution in [0.25, 0.3) is 0 Å². The molecule has 2 N–H and O–H groups in total. The lowest BCUT2D eigenvalue weighted by molar-refractivity contribution is 0.425. The molecule has 0 saturated carbocycles. The van der Waals surface area contributed by atoms with Gasteiger partial charge in [0.1, 0.15) is 5.75 Å². The summed E-state index contributed by atoms with van der Waals surface area (Å²) < 4.78 is 0. The molecule has 3 nitrogen and oxygen atoms in total. The van der Waals surface area contributed by atoms with Crippen LogP contribution in [0.4, 0.5) is 5.69 Å². The molecule has 0 heterocycles. The van der Waals surface area contributed by atoms with E-state index in [9.17, 15) is 5.11 Å². The highest BCUT2D eigenvalue weighted by molar-refractivity contribution is 5.56. The number of likely N-dealkylation sites (N-methyl/N-ethyl adjacent to an activating group) is 1. The van der Waals surface area contributed by atoms with E-state index >= 15 is 0 Å². The summed E-state index contributed by atoms with van der Waals surface area (Å²) in [6, 6.07) is 5.53. The molecule has 14 heavy (non-hydrogen) atoms. The van der Waals surface area contributed by atoms with Gasteiger partial charge in [-0.1, -0.05) is 6.07 Å². The normalized spacial score (nSPS) is 10.6. The van der Waals surface area contributed by atoms with E-state index in [4.69, 9.17) is 0 Å². The van der Waals surface area contributed by atoms with Crippen LogP contribution in [0.3, 0.4) is 0 Å². The third kappa shape index (κ3) is 2.92. The first kappa shape index (κ1) is 10.9. The van der Waals surface area contributed by atoms with Crippen LogP contribution in [0.5, 0.6) is 5.75 Å². The molecule has 78 valence electrons. The number of aromatic hydroxyl groups is 1. The van der Waals surface area contributed by atoms with E-state index in [1.165, 1.54) is 0 Å². The van der Waals surface area contributed by atoms with Crippen LogP contribution in [0.15, 0.2) is 18.2 Å². The first-order chi connectivity index (χ1) is 6.61. The summed E-state index contributed by atoms with van der Waals surface area (Å²) in [4.78, 5) is 2.12. The van der Waals surface area contributed by atoms with Crippen LogP contribution in [0.2, 0.25) is 0 Å². The third-order valence-electron chi connectivity index (χ3n) is 2.18. The highest BCUT2D eigenvalue weighted by atomic mass is 16.3. The molecule has 0 fully saturated rings. The van der Waals surface area contributed by atoms with Gasteiger partial charge in [-0.25, -0.2) is 0 Å². The Morgan fingerprint density at radius 1 is 1.36 bits per heavy atom. The van der Waals surface area contributed by atoms with E-state index in [1.54, 1.807) is 6.07 Å². The maximum atomic E-state index is 9.46. The van der Waals surface area contributed by atoms with Crippen molar-refractivity contribution < 1.29 is 5.11 Å². The molecule has 0 bridgehead atoms. The van der Waals surface area contributed by atoms with Gasteiger partial charge in [-0.15, -0.1) is 0 Å². The zero-order valence-electron chi connectivity index (χ0n) is 9.04. The van der Waals surface area contributed by atoms with E-state index in [2.05, 4.69) is 10.2 Å². The van der Waals surface area contributed by atoms with Gasteiger partial charge in [0.25, 0.3) is 0 Å². The number of hydrogen-bond acceptors (Lipinski definition) is 3. The second-order valence-corrected chi connectivity index (χ2v) is 3.68. The first-order valence-corrected chi connectivity index (χ1v) is 4.78. The van der Waals surface area contributed by atoms with Crippen LogP contribution < -0.4 is 5.32 Å². The van der Waals surface area contributed by atoms with Crippen molar-refractivity contribution in [3.05, 3.63) is 23.8 Å². The van der Waals surface area contributed by atoms with E-state index in [1.807, 2.05) is 33.2 Å². The molecule has 0 aliphatic rings. The Hall–Kier alpha value is -1.22. The Kier molecular flexibility index (Phi) is 3.77. The molecule has 3 heteroatoms. The van der Waals surface area contributed by atoms with Crippen molar-refractivity contribution in [2.75, 3.05) is 32.5 Å². The van der Waals surface area contributed by atoms with Crippen LogP contribution in [0, 0.1) is 6.92 Å². The molecule has 0 aliphatic carbocycles. The molecule has 0 spiro atoms. The van der Waals surface area contributed by atoms with Crippen molar-refractivity contribution in [1.29, 1.82) is 0 Å². The average molecular weight is 194 g/mol. The largest absolute Gasteiger partial charge is 0.508 e. The van der Waals surface area contributed by atoms with E-state index in [0.717, 1.165) is 24.3 Å². The van der Waals surface area contributed by atoms with Gasteiger partial charge >= 0.3 is 0 Å². The van der Waals surface area contributed by atoms with Crippen LogP contribution in [-0.4, -0.2) is 37.2 Å². The lowest BCUT2D eigenvalue weighted by atomic mass is 10.2. The first-order valence-electron chi connectivity index (χ1n) is 4.78. The van der Waals surface area contributed by atoms with E-state index in [-0.39, 0.29) is 0 Å². The van der Waals surface area contributed by atoms with Crippen molar-refractivity contribution in [2.45, 2.75) is 6.92 Å². The minimum atomic E-state index is 0.347. The Bertz CT molecular complexity index is 297. The van der Waals surface area contributed by atoms with Crippen molar-refractivity contribution in [2.24, 2.45) is 0 Å². The quantitative estimate of drug-likeness (QED) is 0.765. The second-order valence-electron chi connectivity index (χ2n) is 3.68. The molecule has 0 aliphatic heterocycles. The molecular weight excluding hydrogens is 176 g/mol. The minimum absolute atomic E-state index is 0.347. The SMILES string of the molecule is Cc1c(O)cccc1NCCN(C)C. The maximum absolute atomic E-state index is 9.46. The van der Waals surface area contributed by atoms with Gasteiger partial charge in [0, 0.05) is 24.3 Å².